The van der Waals surface area contributed by atoms with E-state index in [0.29, 0.717) is 12.5 Å². The van der Waals surface area contributed by atoms with Gasteiger partial charge in [-0.3, -0.25) is 9.78 Å². The lowest BCUT2D eigenvalue weighted by molar-refractivity contribution is -0.120. The minimum Gasteiger partial charge on any atom is -0.330 e. The van der Waals surface area contributed by atoms with Gasteiger partial charge in [0.25, 0.3) is 0 Å². The zero-order valence-corrected chi connectivity index (χ0v) is 16.9. The summed E-state index contributed by atoms with van der Waals surface area (Å²) in [6.07, 6.45) is 6.79. The molecule has 26 heavy (non-hydrogen) atoms. The Bertz CT molecular complexity index is 670. The Kier molecular flexibility index (Phi) is 10.0. The van der Waals surface area contributed by atoms with E-state index < -0.39 is 0 Å². The number of carbonyl (C=O) groups is 1. The van der Waals surface area contributed by atoms with Crippen molar-refractivity contribution in [3.8, 4) is 0 Å². The predicted molar refractivity (Wildman–Crippen MR) is 113 cm³/mol. The van der Waals surface area contributed by atoms with Crippen LogP contribution in [0.5, 0.6) is 0 Å². The molecule has 7 heteroatoms. The number of amides is 1. The molecule has 2 atom stereocenters. The first-order chi connectivity index (χ1) is 11.8. The third kappa shape index (κ3) is 6.16. The van der Waals surface area contributed by atoms with Crippen LogP contribution in [-0.2, 0) is 10.5 Å². The fourth-order valence-electron chi connectivity index (χ4n) is 3.18. The summed E-state index contributed by atoms with van der Waals surface area (Å²) in [7, 11) is 0. The second kappa shape index (κ2) is 11.4. The van der Waals surface area contributed by atoms with E-state index in [2.05, 4.69) is 16.4 Å². The summed E-state index contributed by atoms with van der Waals surface area (Å²) in [6.45, 7) is 0.599. The van der Waals surface area contributed by atoms with E-state index in [4.69, 9.17) is 5.73 Å². The van der Waals surface area contributed by atoms with E-state index in [1.54, 1.807) is 18.0 Å². The molecule has 1 amide bonds. The summed E-state index contributed by atoms with van der Waals surface area (Å²) in [5.41, 5.74) is 7.83. The molecule has 1 aromatic carbocycles. The highest BCUT2D eigenvalue weighted by Gasteiger charge is 2.31. The van der Waals surface area contributed by atoms with Crippen LogP contribution in [0.25, 0.3) is 0 Å². The minimum atomic E-state index is 0. The smallest absolute Gasteiger partial charge is 0.227 e. The molecule has 1 fully saturated rings. The zero-order valence-electron chi connectivity index (χ0n) is 14.5. The van der Waals surface area contributed by atoms with Crippen LogP contribution in [-0.4, -0.2) is 17.4 Å². The largest absolute Gasteiger partial charge is 0.330 e. The lowest BCUT2D eigenvalue weighted by atomic mass is 9.95. The Hall–Kier alpha value is -1.27. The molecular formula is C19H25Cl2N3OS. The molecule has 0 saturated heterocycles. The highest BCUT2D eigenvalue weighted by molar-refractivity contribution is 7.98. The molecule has 3 rings (SSSR count). The number of nitrogens with two attached hydrogens (primary N) is 1. The van der Waals surface area contributed by atoms with Gasteiger partial charge < -0.3 is 11.1 Å². The first kappa shape index (κ1) is 22.8. The summed E-state index contributed by atoms with van der Waals surface area (Å²) < 4.78 is 0. The zero-order chi connectivity index (χ0) is 16.8. The maximum absolute atomic E-state index is 12.4. The number of rotatable bonds is 6. The number of benzene rings is 1. The normalized spacial score (nSPS) is 18.5. The van der Waals surface area contributed by atoms with Crippen molar-refractivity contribution in [3.05, 3.63) is 54.4 Å². The Morgan fingerprint density at radius 3 is 2.62 bits per heavy atom. The molecule has 1 heterocycles. The second-order valence-corrected chi connectivity index (χ2v) is 7.25. The monoisotopic (exact) mass is 413 g/mol. The van der Waals surface area contributed by atoms with Gasteiger partial charge >= 0.3 is 0 Å². The van der Waals surface area contributed by atoms with Gasteiger partial charge in [0, 0.05) is 34.6 Å². The van der Waals surface area contributed by atoms with E-state index >= 15 is 0 Å². The predicted octanol–water partition coefficient (Wildman–Crippen LogP) is 4.53. The van der Waals surface area contributed by atoms with Crippen molar-refractivity contribution in [3.63, 3.8) is 0 Å². The van der Waals surface area contributed by atoms with Crippen molar-refractivity contribution in [2.24, 2.45) is 17.6 Å². The number of hydrogen-bond donors (Lipinski definition) is 2. The van der Waals surface area contributed by atoms with Crippen LogP contribution >= 0.6 is 36.6 Å². The van der Waals surface area contributed by atoms with Crippen molar-refractivity contribution in [2.45, 2.75) is 29.9 Å². The fourth-order valence-corrected chi connectivity index (χ4v) is 4.02. The SMILES string of the molecule is Cl.Cl.NC[C@H]1CCC[C@H]1C(=O)Nc1ccc(SCc2cccnc2)cc1. The van der Waals surface area contributed by atoms with Crippen LogP contribution < -0.4 is 11.1 Å². The van der Waals surface area contributed by atoms with Crippen molar-refractivity contribution < 1.29 is 4.79 Å². The molecule has 4 nitrogen and oxygen atoms in total. The quantitative estimate of drug-likeness (QED) is 0.682. The Morgan fingerprint density at radius 1 is 1.19 bits per heavy atom. The van der Waals surface area contributed by atoms with Crippen LogP contribution in [0.2, 0.25) is 0 Å². The Morgan fingerprint density at radius 2 is 1.96 bits per heavy atom. The van der Waals surface area contributed by atoms with E-state index in [9.17, 15) is 4.79 Å². The summed E-state index contributed by atoms with van der Waals surface area (Å²) in [5.74, 6) is 1.40. The van der Waals surface area contributed by atoms with Gasteiger partial charge in [0.1, 0.15) is 0 Å². The fraction of sp³-hybridized carbons (Fsp3) is 0.368. The first-order valence-corrected chi connectivity index (χ1v) is 9.37. The minimum absolute atomic E-state index is 0. The molecule has 0 radical (unpaired) electrons. The third-order valence-electron chi connectivity index (χ3n) is 4.55. The van der Waals surface area contributed by atoms with E-state index in [-0.39, 0.29) is 36.6 Å². The molecule has 0 bridgehead atoms. The average Bonchev–Trinajstić information content (AvgIpc) is 3.11. The molecule has 142 valence electrons. The third-order valence-corrected chi connectivity index (χ3v) is 5.63. The van der Waals surface area contributed by atoms with E-state index in [1.807, 2.05) is 36.5 Å². The highest BCUT2D eigenvalue weighted by atomic mass is 35.5. The van der Waals surface area contributed by atoms with Crippen molar-refractivity contribution in [1.29, 1.82) is 0 Å². The van der Waals surface area contributed by atoms with E-state index in [0.717, 1.165) is 30.7 Å². The average molecular weight is 414 g/mol. The van der Waals surface area contributed by atoms with Gasteiger partial charge in [-0.15, -0.1) is 36.6 Å². The van der Waals surface area contributed by atoms with Crippen LogP contribution in [0.3, 0.4) is 0 Å². The number of nitrogens with one attached hydrogen (secondary N) is 1. The van der Waals surface area contributed by atoms with Crippen molar-refractivity contribution >= 4 is 48.2 Å². The molecule has 3 N–H and O–H groups in total. The maximum atomic E-state index is 12.4. The lowest BCUT2D eigenvalue weighted by Crippen LogP contribution is -2.29. The van der Waals surface area contributed by atoms with Gasteiger partial charge in [-0.05, 0) is 61.2 Å². The van der Waals surface area contributed by atoms with Crippen LogP contribution in [0.1, 0.15) is 24.8 Å². The molecule has 1 aliphatic rings. The molecule has 1 aromatic heterocycles. The topological polar surface area (TPSA) is 68.0 Å². The lowest BCUT2D eigenvalue weighted by Gasteiger charge is -2.17. The molecular weight excluding hydrogens is 389 g/mol. The number of thioether (sulfide) groups is 1. The summed E-state index contributed by atoms with van der Waals surface area (Å²) in [6, 6.07) is 12.1. The van der Waals surface area contributed by atoms with Crippen LogP contribution in [0, 0.1) is 11.8 Å². The Balaban J connectivity index is 0.00000169. The number of anilines is 1. The summed E-state index contributed by atoms with van der Waals surface area (Å²) in [5, 5.41) is 3.04. The van der Waals surface area contributed by atoms with Crippen molar-refractivity contribution in [2.75, 3.05) is 11.9 Å². The number of halogens is 2. The van der Waals surface area contributed by atoms with Gasteiger partial charge in [0.15, 0.2) is 0 Å². The van der Waals surface area contributed by atoms with Crippen molar-refractivity contribution in [1.82, 2.24) is 4.98 Å². The van der Waals surface area contributed by atoms with Crippen LogP contribution in [0.4, 0.5) is 5.69 Å². The first-order valence-electron chi connectivity index (χ1n) is 8.39. The molecule has 0 aliphatic heterocycles. The van der Waals surface area contributed by atoms with Gasteiger partial charge in [-0.25, -0.2) is 0 Å². The summed E-state index contributed by atoms with van der Waals surface area (Å²) in [4.78, 5) is 17.7. The highest BCUT2D eigenvalue weighted by Crippen LogP contribution is 2.32. The number of hydrogen-bond acceptors (Lipinski definition) is 4. The molecule has 0 unspecified atom stereocenters. The maximum Gasteiger partial charge on any atom is 0.227 e. The van der Waals surface area contributed by atoms with Gasteiger partial charge in [0.05, 0.1) is 0 Å². The van der Waals surface area contributed by atoms with Crippen LogP contribution in [0.15, 0.2) is 53.7 Å². The molecule has 2 aromatic rings. The van der Waals surface area contributed by atoms with E-state index in [1.165, 1.54) is 10.5 Å². The van der Waals surface area contributed by atoms with Gasteiger partial charge in [-0.1, -0.05) is 12.5 Å². The number of nitrogens with zero attached hydrogens (tertiary/aromatic N) is 1. The van der Waals surface area contributed by atoms with Gasteiger partial charge in [-0.2, -0.15) is 0 Å². The number of carbonyl (C=O) groups excluding carboxylic acids is 1. The summed E-state index contributed by atoms with van der Waals surface area (Å²) >= 11 is 1.76. The Labute approximate surface area is 171 Å². The van der Waals surface area contributed by atoms with Gasteiger partial charge in [0.2, 0.25) is 5.91 Å². The number of pyridine rings is 1. The number of aromatic nitrogens is 1. The molecule has 1 aliphatic carbocycles. The standard InChI is InChI=1S/C19H23N3OS.2ClH/c20-11-15-4-1-5-18(15)19(23)22-16-6-8-17(9-7-16)24-13-14-3-2-10-21-12-14;;/h2-3,6-10,12,15,18H,1,4-5,11,13,20H2,(H,22,23);2*1H/t15-,18-;;/m1../s1. The second-order valence-electron chi connectivity index (χ2n) is 6.20. The molecule has 1 saturated carbocycles. The molecule has 0 spiro atoms.